The molecule has 0 bridgehead atoms. The van der Waals surface area contributed by atoms with Gasteiger partial charge in [0.1, 0.15) is 0 Å². The lowest BCUT2D eigenvalue weighted by Gasteiger charge is -2.42. The van der Waals surface area contributed by atoms with Crippen molar-refractivity contribution in [3.05, 3.63) is 0 Å². The number of likely N-dealkylation sites (tertiary alicyclic amines) is 1. The summed E-state index contributed by atoms with van der Waals surface area (Å²) in [6.45, 7) is 6.82. The van der Waals surface area contributed by atoms with Gasteiger partial charge in [-0.1, -0.05) is 21.8 Å². The molecule has 0 atom stereocenters. The smallest absolute Gasteiger partial charge is 0.219 e. The Morgan fingerprint density at radius 1 is 1.17 bits per heavy atom. The minimum Gasteiger partial charge on any atom is -0.340 e. The van der Waals surface area contributed by atoms with Crippen molar-refractivity contribution >= 4 is 5.91 Å². The highest BCUT2D eigenvalue weighted by Gasteiger charge is 2.29. The number of rotatable bonds is 3. The van der Waals surface area contributed by atoms with Gasteiger partial charge in [-0.2, -0.15) is 0 Å². The molecule has 0 radical (unpaired) electrons. The first kappa shape index (κ1) is 22.6. The summed E-state index contributed by atoms with van der Waals surface area (Å²) in [5, 5.41) is 0. The van der Waals surface area contributed by atoms with E-state index in [2.05, 4.69) is 30.8 Å². The van der Waals surface area contributed by atoms with Gasteiger partial charge in [-0.25, -0.2) is 0 Å². The first-order valence-corrected chi connectivity index (χ1v) is 5.95. The quantitative estimate of drug-likeness (QED) is 0.777. The lowest BCUT2D eigenvalue weighted by atomic mass is 10.1. The van der Waals surface area contributed by atoms with E-state index >= 15 is 0 Å². The van der Waals surface area contributed by atoms with E-state index in [-0.39, 0.29) is 20.8 Å². The second kappa shape index (κ2) is 11.5. The Kier molecular flexibility index (Phi) is 14.4. The first-order valence-electron chi connectivity index (χ1n) is 5.95. The van der Waals surface area contributed by atoms with Gasteiger partial charge in [0.15, 0.2) is 0 Å². The van der Waals surface area contributed by atoms with E-state index in [0.717, 1.165) is 13.1 Å². The maximum absolute atomic E-state index is 10.7. The minimum atomic E-state index is 0. The van der Waals surface area contributed by atoms with Crippen molar-refractivity contribution in [1.82, 2.24) is 14.7 Å². The molecule has 1 fully saturated rings. The zero-order valence-electron chi connectivity index (χ0n) is 11.7. The van der Waals surface area contributed by atoms with Crippen molar-refractivity contribution in [2.75, 3.05) is 47.8 Å². The third kappa shape index (κ3) is 9.42. The van der Waals surface area contributed by atoms with E-state index in [1.165, 1.54) is 13.0 Å². The summed E-state index contributed by atoms with van der Waals surface area (Å²) in [4.78, 5) is 16.9. The zero-order valence-corrected chi connectivity index (χ0v) is 11.7. The fourth-order valence-electron chi connectivity index (χ4n) is 1.49. The molecule has 0 unspecified atom stereocenters. The molecule has 112 valence electrons. The molecule has 0 N–H and O–H groups in total. The highest BCUT2D eigenvalue weighted by molar-refractivity contribution is 5.74. The monoisotopic (exact) mass is 261 g/mol. The molecule has 1 heterocycles. The van der Waals surface area contributed by atoms with E-state index in [1.807, 2.05) is 19.0 Å². The van der Waals surface area contributed by atoms with Crippen LogP contribution in [0.15, 0.2) is 0 Å². The summed E-state index contributed by atoms with van der Waals surface area (Å²) in [7, 11) is 8.26. The Bertz CT molecular complexity index is 199. The van der Waals surface area contributed by atoms with Crippen molar-refractivity contribution < 1.29 is 4.79 Å². The van der Waals surface area contributed by atoms with Crippen molar-refractivity contribution in [3.8, 4) is 0 Å². The molecule has 18 heavy (non-hydrogen) atoms. The topological polar surface area (TPSA) is 26.8 Å². The fraction of sp³-hybridized carbons (Fsp3) is 0.929. The summed E-state index contributed by atoms with van der Waals surface area (Å²) < 4.78 is 0. The zero-order chi connectivity index (χ0) is 12.7. The van der Waals surface area contributed by atoms with E-state index in [1.54, 1.807) is 6.92 Å². The number of amides is 1. The van der Waals surface area contributed by atoms with Gasteiger partial charge in [-0.05, 0) is 41.2 Å². The second-order valence-electron chi connectivity index (χ2n) is 4.84. The molecule has 0 aliphatic carbocycles. The Morgan fingerprint density at radius 3 is 1.78 bits per heavy atom. The summed E-state index contributed by atoms with van der Waals surface area (Å²) >= 11 is 0. The van der Waals surface area contributed by atoms with E-state index in [0.29, 0.717) is 6.04 Å². The lowest BCUT2D eigenvalue weighted by molar-refractivity contribution is -0.135. The van der Waals surface area contributed by atoms with Crippen LogP contribution in [0, 0.1) is 0 Å². The van der Waals surface area contributed by atoms with Gasteiger partial charge < -0.3 is 14.7 Å². The summed E-state index contributed by atoms with van der Waals surface area (Å²) in [6.07, 6.45) is 1.26. The van der Waals surface area contributed by atoms with Gasteiger partial charge in [0.2, 0.25) is 5.91 Å². The van der Waals surface area contributed by atoms with Gasteiger partial charge in [-0.3, -0.25) is 4.79 Å². The minimum absolute atomic E-state index is 0. The van der Waals surface area contributed by atoms with Crippen LogP contribution in [0.25, 0.3) is 0 Å². The molecule has 0 aromatic carbocycles. The number of nitrogens with zero attached hydrogens (tertiary/aromatic N) is 3. The molecule has 0 saturated carbocycles. The predicted molar refractivity (Wildman–Crippen MR) is 82.0 cm³/mol. The molecule has 4 heteroatoms. The predicted octanol–water partition coefficient (Wildman–Crippen LogP) is 2.01. The van der Waals surface area contributed by atoms with Gasteiger partial charge in [0.25, 0.3) is 0 Å². The molecule has 1 saturated heterocycles. The van der Waals surface area contributed by atoms with Gasteiger partial charge in [0.05, 0.1) is 0 Å². The Morgan fingerprint density at radius 2 is 1.61 bits per heavy atom. The molecule has 1 amide bonds. The average Bonchev–Trinajstić information content (AvgIpc) is 1.99. The van der Waals surface area contributed by atoms with Crippen molar-refractivity contribution in [2.24, 2.45) is 0 Å². The number of hydrogen-bond acceptors (Lipinski definition) is 3. The number of carbonyl (C=O) groups is 1. The maximum atomic E-state index is 10.7. The van der Waals surface area contributed by atoms with Crippen LogP contribution in [0.5, 0.6) is 0 Å². The van der Waals surface area contributed by atoms with Crippen LogP contribution in [-0.2, 0) is 4.79 Å². The van der Waals surface area contributed by atoms with Crippen molar-refractivity contribution in [3.63, 3.8) is 0 Å². The summed E-state index contributed by atoms with van der Waals surface area (Å²) in [5.74, 6) is 0.193. The van der Waals surface area contributed by atoms with Crippen LogP contribution in [0.3, 0.4) is 0 Å². The molecule has 0 aromatic heterocycles. The van der Waals surface area contributed by atoms with E-state index < -0.39 is 0 Å². The normalized spacial score (nSPS) is 14.1. The van der Waals surface area contributed by atoms with Crippen LogP contribution < -0.4 is 0 Å². The van der Waals surface area contributed by atoms with Crippen LogP contribution in [0.4, 0.5) is 0 Å². The molecule has 1 aliphatic rings. The third-order valence-electron chi connectivity index (χ3n) is 2.71. The maximum Gasteiger partial charge on any atom is 0.219 e. The Balaban J connectivity index is -0.000000250. The highest BCUT2D eigenvalue weighted by atomic mass is 16.2. The Hall–Kier alpha value is -0.610. The number of likely N-dealkylation sites (N-methyl/N-ethyl adjacent to an activating group) is 1. The molecule has 4 nitrogen and oxygen atoms in total. The largest absolute Gasteiger partial charge is 0.340 e. The summed E-state index contributed by atoms with van der Waals surface area (Å²) in [6, 6.07) is 0.587. The van der Waals surface area contributed by atoms with Crippen LogP contribution in [0.1, 0.15) is 35.1 Å². The Labute approximate surface area is 115 Å². The highest BCUT2D eigenvalue weighted by Crippen LogP contribution is 2.11. The SMILES string of the molecule is C.C.CC(=O)N1CC(N(C)C)C1.CCCN(C)C. The van der Waals surface area contributed by atoms with Gasteiger partial charge in [0, 0.05) is 26.1 Å². The van der Waals surface area contributed by atoms with Crippen LogP contribution in [-0.4, -0.2) is 74.5 Å². The lowest BCUT2D eigenvalue weighted by Crippen LogP contribution is -2.58. The average molecular weight is 261 g/mol. The second-order valence-corrected chi connectivity index (χ2v) is 4.84. The molecule has 0 aromatic rings. The first-order chi connectivity index (χ1) is 7.38. The fourth-order valence-corrected chi connectivity index (χ4v) is 1.49. The van der Waals surface area contributed by atoms with E-state index in [4.69, 9.17) is 0 Å². The van der Waals surface area contributed by atoms with E-state index in [9.17, 15) is 4.79 Å². The molecule has 0 spiro atoms. The van der Waals surface area contributed by atoms with Crippen molar-refractivity contribution in [1.29, 1.82) is 0 Å². The third-order valence-corrected chi connectivity index (χ3v) is 2.71. The number of hydrogen-bond donors (Lipinski definition) is 0. The number of carbonyl (C=O) groups excluding carboxylic acids is 1. The molecule has 1 rings (SSSR count). The molecular weight excluding hydrogens is 226 g/mol. The molecular formula is C14H35N3O. The van der Waals surface area contributed by atoms with Crippen molar-refractivity contribution in [2.45, 2.75) is 41.2 Å². The molecule has 1 aliphatic heterocycles. The van der Waals surface area contributed by atoms with Gasteiger partial charge in [-0.15, -0.1) is 0 Å². The standard InChI is InChI=1S/C7H14N2O.C5H13N.2CH4/c1-6(10)9-4-7(5-9)8(2)3;1-4-5-6(2)3;;/h7H,4-5H2,1-3H3;4-5H2,1-3H3;2*1H4. The van der Waals surface area contributed by atoms with Gasteiger partial charge >= 0.3 is 0 Å². The van der Waals surface area contributed by atoms with Crippen LogP contribution >= 0.6 is 0 Å². The summed E-state index contributed by atoms with van der Waals surface area (Å²) in [5.41, 5.74) is 0. The van der Waals surface area contributed by atoms with Crippen LogP contribution in [0.2, 0.25) is 0 Å².